The molecule has 24 heavy (non-hydrogen) atoms. The number of nitrogens with zero attached hydrogens (tertiary/aromatic N) is 1. The molecule has 2 aromatic carbocycles. The number of hydrogen-bond donors (Lipinski definition) is 0. The van der Waals surface area contributed by atoms with Gasteiger partial charge >= 0.3 is 5.97 Å². The lowest BCUT2D eigenvalue weighted by molar-refractivity contribution is -0.149. The van der Waals surface area contributed by atoms with Crippen molar-refractivity contribution < 1.29 is 9.53 Å². The van der Waals surface area contributed by atoms with Gasteiger partial charge in [0.15, 0.2) is 0 Å². The summed E-state index contributed by atoms with van der Waals surface area (Å²) in [5.74, 6) is 2.35. The molecular formula is C21H23NO2. The molecule has 0 fully saturated rings. The summed E-state index contributed by atoms with van der Waals surface area (Å²) >= 11 is 0. The molecule has 0 N–H and O–H groups in total. The van der Waals surface area contributed by atoms with Crippen molar-refractivity contribution in [3.63, 3.8) is 0 Å². The average Bonchev–Trinajstić information content (AvgIpc) is 2.61. The molecule has 0 bridgehead atoms. The minimum Gasteiger partial charge on any atom is -0.465 e. The molecule has 0 unspecified atom stereocenters. The Kier molecular flexibility index (Phi) is 7.07. The maximum atomic E-state index is 12.4. The third kappa shape index (κ3) is 5.26. The van der Waals surface area contributed by atoms with E-state index in [1.807, 2.05) is 43.3 Å². The molecule has 0 heterocycles. The fraction of sp³-hybridized carbons (Fsp3) is 0.286. The van der Waals surface area contributed by atoms with Crippen LogP contribution >= 0.6 is 0 Å². The van der Waals surface area contributed by atoms with E-state index in [1.165, 1.54) is 0 Å². The topological polar surface area (TPSA) is 29.5 Å². The van der Waals surface area contributed by atoms with E-state index in [0.717, 1.165) is 11.1 Å². The van der Waals surface area contributed by atoms with Crippen molar-refractivity contribution in [1.29, 1.82) is 0 Å². The molecule has 2 aromatic rings. The Bertz CT molecular complexity index is 620. The van der Waals surface area contributed by atoms with Crippen molar-refractivity contribution >= 4 is 5.97 Å². The maximum Gasteiger partial charge on any atom is 0.324 e. The molecule has 0 radical (unpaired) electrons. The number of carbonyl (C=O) groups excluding carboxylic acids is 1. The van der Waals surface area contributed by atoms with Gasteiger partial charge in [-0.15, -0.1) is 12.3 Å². The van der Waals surface area contributed by atoms with E-state index in [4.69, 9.17) is 11.2 Å². The molecule has 0 aliphatic heterocycles. The van der Waals surface area contributed by atoms with Gasteiger partial charge in [-0.3, -0.25) is 9.69 Å². The molecule has 1 atom stereocenters. The van der Waals surface area contributed by atoms with Crippen LogP contribution in [0.25, 0.3) is 0 Å². The summed E-state index contributed by atoms with van der Waals surface area (Å²) in [6.45, 7) is 3.44. The van der Waals surface area contributed by atoms with E-state index < -0.39 is 6.04 Å². The largest absolute Gasteiger partial charge is 0.465 e. The molecule has 0 spiro atoms. The quantitative estimate of drug-likeness (QED) is 0.549. The zero-order valence-corrected chi connectivity index (χ0v) is 14.0. The van der Waals surface area contributed by atoms with Crippen LogP contribution in [0.5, 0.6) is 0 Å². The molecule has 0 aromatic heterocycles. The van der Waals surface area contributed by atoms with Gasteiger partial charge in [0.2, 0.25) is 0 Å². The van der Waals surface area contributed by atoms with E-state index in [-0.39, 0.29) is 5.97 Å². The normalized spacial score (nSPS) is 11.7. The average molecular weight is 321 g/mol. The van der Waals surface area contributed by atoms with E-state index in [1.54, 1.807) is 0 Å². The lowest BCUT2D eigenvalue weighted by atomic mass is 10.1. The molecule has 3 nitrogen and oxygen atoms in total. The minimum absolute atomic E-state index is 0.262. The van der Waals surface area contributed by atoms with E-state index in [9.17, 15) is 4.79 Å². The van der Waals surface area contributed by atoms with Crippen molar-refractivity contribution in [2.24, 2.45) is 0 Å². The third-order valence-electron chi connectivity index (χ3n) is 3.77. The van der Waals surface area contributed by atoms with Crippen molar-refractivity contribution in [2.75, 3.05) is 6.61 Å². The van der Waals surface area contributed by atoms with Crippen LogP contribution in [0.3, 0.4) is 0 Å². The maximum absolute atomic E-state index is 12.4. The Labute approximate surface area is 144 Å². The SMILES string of the molecule is C#CC[C@H](C(=O)OCC)N(Cc1ccccc1)Cc1ccccc1. The molecule has 0 saturated heterocycles. The van der Waals surface area contributed by atoms with Gasteiger partial charge < -0.3 is 4.74 Å². The predicted octanol–water partition coefficient (Wildman–Crippen LogP) is 3.64. The van der Waals surface area contributed by atoms with Crippen molar-refractivity contribution in [1.82, 2.24) is 4.90 Å². The summed E-state index contributed by atoms with van der Waals surface area (Å²) < 4.78 is 5.24. The summed E-state index contributed by atoms with van der Waals surface area (Å²) in [7, 11) is 0. The lowest BCUT2D eigenvalue weighted by Gasteiger charge is -2.29. The monoisotopic (exact) mass is 321 g/mol. The Hall–Kier alpha value is -2.57. The first-order chi connectivity index (χ1) is 11.7. The second-order valence-corrected chi connectivity index (χ2v) is 5.55. The van der Waals surface area contributed by atoms with Crippen LogP contribution in [0.4, 0.5) is 0 Å². The highest BCUT2D eigenvalue weighted by Gasteiger charge is 2.26. The second-order valence-electron chi connectivity index (χ2n) is 5.55. The van der Waals surface area contributed by atoms with Gasteiger partial charge in [0.05, 0.1) is 6.61 Å². The standard InChI is InChI=1S/C21H23NO2/c1-3-11-20(21(23)24-4-2)22(16-18-12-7-5-8-13-18)17-19-14-9-6-10-15-19/h1,5-10,12-15,20H,4,11,16-17H2,2H3/t20-/m1/s1. The van der Waals surface area contributed by atoms with Crippen LogP contribution < -0.4 is 0 Å². The fourth-order valence-corrected chi connectivity index (χ4v) is 2.62. The van der Waals surface area contributed by atoms with Crippen LogP contribution in [0.2, 0.25) is 0 Å². The molecule has 2 rings (SSSR count). The fourth-order valence-electron chi connectivity index (χ4n) is 2.62. The van der Waals surface area contributed by atoms with E-state index >= 15 is 0 Å². The third-order valence-corrected chi connectivity index (χ3v) is 3.77. The van der Waals surface area contributed by atoms with Gasteiger partial charge in [-0.2, -0.15) is 0 Å². The zero-order chi connectivity index (χ0) is 17.2. The Balaban J connectivity index is 2.25. The molecule has 3 heteroatoms. The van der Waals surface area contributed by atoms with E-state index in [2.05, 4.69) is 35.1 Å². The van der Waals surface area contributed by atoms with Crippen LogP contribution in [0.15, 0.2) is 60.7 Å². The highest BCUT2D eigenvalue weighted by molar-refractivity contribution is 5.76. The number of terminal acetylenes is 1. The first-order valence-corrected chi connectivity index (χ1v) is 8.16. The van der Waals surface area contributed by atoms with Gasteiger partial charge in [0.1, 0.15) is 6.04 Å². The molecule has 0 saturated carbocycles. The smallest absolute Gasteiger partial charge is 0.324 e. The highest BCUT2D eigenvalue weighted by atomic mass is 16.5. The number of esters is 1. The van der Waals surface area contributed by atoms with Crippen molar-refractivity contribution in [3.05, 3.63) is 71.8 Å². The number of ether oxygens (including phenoxy) is 1. The molecule has 124 valence electrons. The number of carbonyl (C=O) groups is 1. The lowest BCUT2D eigenvalue weighted by Crippen LogP contribution is -2.41. The Morgan fingerprint density at radius 1 is 1.04 bits per heavy atom. The summed E-state index contributed by atoms with van der Waals surface area (Å²) in [4.78, 5) is 14.5. The Morgan fingerprint density at radius 3 is 1.96 bits per heavy atom. The summed E-state index contributed by atoms with van der Waals surface area (Å²) in [6, 6.07) is 19.7. The number of rotatable bonds is 8. The van der Waals surface area contributed by atoms with Crippen LogP contribution in [-0.4, -0.2) is 23.5 Å². The predicted molar refractivity (Wildman–Crippen MR) is 96.0 cm³/mol. The molecular weight excluding hydrogens is 298 g/mol. The minimum atomic E-state index is -0.449. The molecule has 0 aliphatic carbocycles. The second kappa shape index (κ2) is 9.54. The number of hydrogen-bond acceptors (Lipinski definition) is 3. The molecule has 0 amide bonds. The summed E-state index contributed by atoms with van der Waals surface area (Å²) in [5.41, 5.74) is 2.28. The first kappa shape index (κ1) is 17.8. The number of benzene rings is 2. The first-order valence-electron chi connectivity index (χ1n) is 8.16. The van der Waals surface area contributed by atoms with Gasteiger partial charge in [0.25, 0.3) is 0 Å². The van der Waals surface area contributed by atoms with E-state index in [0.29, 0.717) is 26.1 Å². The van der Waals surface area contributed by atoms with Gasteiger partial charge in [-0.05, 0) is 18.1 Å². The summed E-state index contributed by atoms with van der Waals surface area (Å²) in [6.07, 6.45) is 5.84. The highest BCUT2D eigenvalue weighted by Crippen LogP contribution is 2.16. The molecule has 0 aliphatic rings. The zero-order valence-electron chi connectivity index (χ0n) is 14.0. The Morgan fingerprint density at radius 2 is 1.54 bits per heavy atom. The summed E-state index contributed by atoms with van der Waals surface area (Å²) in [5, 5.41) is 0. The van der Waals surface area contributed by atoms with Crippen LogP contribution in [0.1, 0.15) is 24.5 Å². The van der Waals surface area contributed by atoms with Gasteiger partial charge in [-0.1, -0.05) is 60.7 Å². The van der Waals surface area contributed by atoms with Crippen molar-refractivity contribution in [3.8, 4) is 12.3 Å². The van der Waals surface area contributed by atoms with Gasteiger partial charge in [0, 0.05) is 19.5 Å². The van der Waals surface area contributed by atoms with Gasteiger partial charge in [-0.25, -0.2) is 0 Å². The van der Waals surface area contributed by atoms with Crippen LogP contribution in [-0.2, 0) is 22.6 Å². The van der Waals surface area contributed by atoms with Crippen molar-refractivity contribution in [2.45, 2.75) is 32.5 Å². The van der Waals surface area contributed by atoms with Crippen LogP contribution in [0, 0.1) is 12.3 Å².